The number of nitrogens with one attached hydrogen (secondary N) is 1. The van der Waals surface area contributed by atoms with Gasteiger partial charge in [0.2, 0.25) is 0 Å². The third-order valence-electron chi connectivity index (χ3n) is 3.61. The lowest BCUT2D eigenvalue weighted by Crippen LogP contribution is -2.24. The molecule has 94 valence electrons. The molecule has 0 spiro atoms. The van der Waals surface area contributed by atoms with Crippen molar-refractivity contribution in [3.8, 4) is 0 Å². The molecule has 0 radical (unpaired) electrons. The van der Waals surface area contributed by atoms with Gasteiger partial charge in [-0.3, -0.25) is 0 Å². The van der Waals surface area contributed by atoms with Crippen molar-refractivity contribution in [1.29, 1.82) is 0 Å². The first-order valence-electron chi connectivity index (χ1n) is 6.35. The topological polar surface area (TPSA) is 35.5 Å². The number of rotatable bonds is 4. The van der Waals surface area contributed by atoms with E-state index in [9.17, 15) is 0 Å². The molecule has 1 aliphatic rings. The molecule has 2 N–H and O–H groups in total. The van der Waals surface area contributed by atoms with Gasteiger partial charge in [-0.1, -0.05) is 12.1 Å². The van der Waals surface area contributed by atoms with Crippen LogP contribution in [0.2, 0.25) is 0 Å². The summed E-state index contributed by atoms with van der Waals surface area (Å²) in [7, 11) is 2.18. The summed E-state index contributed by atoms with van der Waals surface area (Å²) in [5.41, 5.74) is 2.37. The minimum atomic E-state index is 0.220. The largest absolute Gasteiger partial charge is 0.396 e. The second-order valence-electron chi connectivity index (χ2n) is 5.04. The fourth-order valence-corrected chi connectivity index (χ4v) is 2.43. The van der Waals surface area contributed by atoms with Gasteiger partial charge in [0.1, 0.15) is 0 Å². The molecule has 0 amide bonds. The van der Waals surface area contributed by atoms with E-state index in [4.69, 9.17) is 5.11 Å². The molecule has 2 atom stereocenters. The van der Waals surface area contributed by atoms with Crippen LogP contribution in [0.15, 0.2) is 24.3 Å². The van der Waals surface area contributed by atoms with Gasteiger partial charge in [0.25, 0.3) is 0 Å². The van der Waals surface area contributed by atoms with Crippen LogP contribution in [0.3, 0.4) is 0 Å². The number of aliphatic hydroxyl groups is 1. The number of hydrogen-bond acceptors (Lipinski definition) is 3. The lowest BCUT2D eigenvalue weighted by Gasteiger charge is -2.14. The molecule has 1 aliphatic heterocycles. The van der Waals surface area contributed by atoms with E-state index in [1.807, 2.05) is 0 Å². The number of likely N-dealkylation sites (N-methyl/N-ethyl adjacent to an activating group) is 1. The average molecular weight is 234 g/mol. The average Bonchev–Trinajstić information content (AvgIpc) is 2.61. The number of anilines is 1. The van der Waals surface area contributed by atoms with Crippen LogP contribution in [0.5, 0.6) is 0 Å². The third kappa shape index (κ3) is 3.20. The fraction of sp³-hybridized carbons (Fsp3) is 0.571. The first-order chi connectivity index (χ1) is 8.19. The highest BCUT2D eigenvalue weighted by atomic mass is 16.2. The maximum absolute atomic E-state index is 8.86. The van der Waals surface area contributed by atoms with Crippen molar-refractivity contribution in [3.05, 3.63) is 29.8 Å². The van der Waals surface area contributed by atoms with E-state index < -0.39 is 0 Å². The summed E-state index contributed by atoms with van der Waals surface area (Å²) in [6.45, 7) is 3.60. The fourth-order valence-electron chi connectivity index (χ4n) is 2.43. The van der Waals surface area contributed by atoms with Gasteiger partial charge in [0.15, 0.2) is 0 Å². The number of aliphatic hydroxyl groups excluding tert-OH is 1. The third-order valence-corrected chi connectivity index (χ3v) is 3.61. The van der Waals surface area contributed by atoms with E-state index in [-0.39, 0.29) is 6.61 Å². The van der Waals surface area contributed by atoms with Crippen molar-refractivity contribution in [1.82, 2.24) is 4.90 Å². The van der Waals surface area contributed by atoms with Crippen molar-refractivity contribution in [2.24, 2.45) is 0 Å². The van der Waals surface area contributed by atoms with Crippen molar-refractivity contribution < 1.29 is 5.11 Å². The van der Waals surface area contributed by atoms with Gasteiger partial charge in [0, 0.05) is 30.9 Å². The quantitative estimate of drug-likeness (QED) is 0.833. The van der Waals surface area contributed by atoms with Crippen molar-refractivity contribution in [2.75, 3.05) is 25.5 Å². The molecule has 2 rings (SSSR count). The van der Waals surface area contributed by atoms with Crippen molar-refractivity contribution >= 4 is 5.69 Å². The molecule has 1 saturated heterocycles. The molecular formula is C14H22N2O. The molecule has 0 saturated carbocycles. The molecule has 1 fully saturated rings. The van der Waals surface area contributed by atoms with Crippen LogP contribution in [0.4, 0.5) is 5.69 Å². The summed E-state index contributed by atoms with van der Waals surface area (Å²) < 4.78 is 0. The smallest absolute Gasteiger partial charge is 0.0471 e. The Bertz CT molecular complexity index is 340. The Balaban J connectivity index is 1.91. The van der Waals surface area contributed by atoms with E-state index in [0.29, 0.717) is 12.1 Å². The predicted molar refractivity (Wildman–Crippen MR) is 71.4 cm³/mol. The van der Waals surface area contributed by atoms with Crippen LogP contribution in [0.25, 0.3) is 0 Å². The molecule has 0 bridgehead atoms. The van der Waals surface area contributed by atoms with Gasteiger partial charge in [0.05, 0.1) is 0 Å². The van der Waals surface area contributed by atoms with Gasteiger partial charge >= 0.3 is 0 Å². The van der Waals surface area contributed by atoms with E-state index in [1.165, 1.54) is 17.7 Å². The van der Waals surface area contributed by atoms with E-state index in [0.717, 1.165) is 13.0 Å². The standard InChI is InChI=1S/C14H22N2O/c1-11-9-14(10-16(11)2)15-13-5-3-12(4-6-13)7-8-17/h3-6,11,14-15,17H,7-10H2,1-2H3. The Morgan fingerprint density at radius 1 is 1.35 bits per heavy atom. The lowest BCUT2D eigenvalue weighted by molar-refractivity contribution is 0.299. The van der Waals surface area contributed by atoms with Crippen molar-refractivity contribution in [2.45, 2.75) is 31.8 Å². The van der Waals surface area contributed by atoms with Crippen LogP contribution in [0.1, 0.15) is 18.9 Å². The van der Waals surface area contributed by atoms with Crippen LogP contribution >= 0.6 is 0 Å². The Morgan fingerprint density at radius 2 is 2.06 bits per heavy atom. The maximum atomic E-state index is 8.86. The van der Waals surface area contributed by atoms with Gasteiger partial charge in [-0.15, -0.1) is 0 Å². The van der Waals surface area contributed by atoms with E-state index >= 15 is 0 Å². The highest BCUT2D eigenvalue weighted by Gasteiger charge is 2.25. The second-order valence-corrected chi connectivity index (χ2v) is 5.04. The summed E-state index contributed by atoms with van der Waals surface area (Å²) in [5, 5.41) is 12.4. The van der Waals surface area contributed by atoms with Gasteiger partial charge in [-0.05, 0) is 44.5 Å². The molecule has 0 aliphatic carbocycles. The summed E-state index contributed by atoms with van der Waals surface area (Å²) in [4.78, 5) is 2.39. The van der Waals surface area contributed by atoms with Crippen LogP contribution in [0, 0.1) is 0 Å². The zero-order chi connectivity index (χ0) is 12.3. The van der Waals surface area contributed by atoms with E-state index in [1.54, 1.807) is 0 Å². The maximum Gasteiger partial charge on any atom is 0.0471 e. The van der Waals surface area contributed by atoms with Crippen LogP contribution in [-0.2, 0) is 6.42 Å². The summed E-state index contributed by atoms with van der Waals surface area (Å²) in [6.07, 6.45) is 1.94. The highest BCUT2D eigenvalue weighted by Crippen LogP contribution is 2.19. The SMILES string of the molecule is CC1CC(Nc2ccc(CCO)cc2)CN1C. The zero-order valence-corrected chi connectivity index (χ0v) is 10.7. The molecule has 17 heavy (non-hydrogen) atoms. The minimum absolute atomic E-state index is 0.220. The van der Waals surface area contributed by atoms with Gasteiger partial charge < -0.3 is 15.3 Å². The number of benzene rings is 1. The molecule has 2 unspecified atom stereocenters. The van der Waals surface area contributed by atoms with Gasteiger partial charge in [-0.2, -0.15) is 0 Å². The molecule has 3 nitrogen and oxygen atoms in total. The summed E-state index contributed by atoms with van der Waals surface area (Å²) in [5.74, 6) is 0. The van der Waals surface area contributed by atoms with Crippen LogP contribution < -0.4 is 5.32 Å². The zero-order valence-electron chi connectivity index (χ0n) is 10.7. The molecular weight excluding hydrogens is 212 g/mol. The van der Waals surface area contributed by atoms with Crippen molar-refractivity contribution in [3.63, 3.8) is 0 Å². The first-order valence-corrected chi connectivity index (χ1v) is 6.35. The second kappa shape index (κ2) is 5.52. The first kappa shape index (κ1) is 12.4. The number of likely N-dealkylation sites (tertiary alicyclic amines) is 1. The summed E-state index contributed by atoms with van der Waals surface area (Å²) >= 11 is 0. The number of nitrogens with zero attached hydrogens (tertiary/aromatic N) is 1. The Labute approximate surface area is 103 Å². The molecule has 1 aromatic rings. The molecule has 1 aromatic carbocycles. The normalized spacial score (nSPS) is 25.1. The van der Waals surface area contributed by atoms with Crippen LogP contribution in [-0.4, -0.2) is 42.3 Å². The van der Waals surface area contributed by atoms with Gasteiger partial charge in [-0.25, -0.2) is 0 Å². The lowest BCUT2D eigenvalue weighted by atomic mass is 10.1. The number of hydrogen-bond donors (Lipinski definition) is 2. The Kier molecular flexibility index (Phi) is 4.02. The molecule has 1 heterocycles. The molecule has 3 heteroatoms. The van der Waals surface area contributed by atoms with E-state index in [2.05, 4.69) is 48.5 Å². The monoisotopic (exact) mass is 234 g/mol. The Morgan fingerprint density at radius 3 is 2.59 bits per heavy atom. The highest BCUT2D eigenvalue weighted by molar-refractivity contribution is 5.45. The predicted octanol–water partition coefficient (Wildman–Crippen LogP) is 1.73. The Hall–Kier alpha value is -1.06. The summed E-state index contributed by atoms with van der Waals surface area (Å²) in [6, 6.07) is 9.60. The minimum Gasteiger partial charge on any atom is -0.396 e. The molecule has 0 aromatic heterocycles.